The molecule has 34 heavy (non-hydrogen) atoms. The number of carbonyl (C=O) groups excluding carboxylic acids is 1. The molecule has 0 bridgehead atoms. The van der Waals surface area contributed by atoms with Crippen molar-refractivity contribution in [2.24, 2.45) is 0 Å². The Morgan fingerprint density at radius 1 is 0.882 bits per heavy atom. The highest BCUT2D eigenvalue weighted by molar-refractivity contribution is 9.11. The van der Waals surface area contributed by atoms with Gasteiger partial charge in [-0.15, -0.1) is 45.3 Å². The highest BCUT2D eigenvalue weighted by Gasteiger charge is 2.30. The van der Waals surface area contributed by atoms with Gasteiger partial charge in [0.15, 0.2) is 11.5 Å². The van der Waals surface area contributed by atoms with Crippen LogP contribution in [0.5, 0.6) is 11.5 Å². The van der Waals surface area contributed by atoms with Crippen molar-refractivity contribution >= 4 is 127 Å². The van der Waals surface area contributed by atoms with Gasteiger partial charge in [-0.3, -0.25) is 0 Å². The maximum absolute atomic E-state index is 13.0. The van der Waals surface area contributed by atoms with Gasteiger partial charge in [0.25, 0.3) is 0 Å². The van der Waals surface area contributed by atoms with Crippen molar-refractivity contribution < 1.29 is 19.4 Å². The average Bonchev–Trinajstić information content (AvgIpc) is 3.54. The van der Waals surface area contributed by atoms with E-state index >= 15 is 0 Å². The number of hydrogen-bond acceptors (Lipinski definition) is 8. The fourth-order valence-corrected chi connectivity index (χ4v) is 8.80. The molecule has 0 amide bonds. The van der Waals surface area contributed by atoms with Crippen LogP contribution in [0.15, 0.2) is 31.8 Å². The van der Waals surface area contributed by atoms with Crippen molar-refractivity contribution in [2.75, 3.05) is 0 Å². The number of aliphatic hydroxyl groups excluding tert-OH is 1. The van der Waals surface area contributed by atoms with Crippen LogP contribution in [0.1, 0.15) is 30.6 Å². The first-order chi connectivity index (χ1) is 16.2. The predicted octanol–water partition coefficient (Wildman–Crippen LogP) is 9.98. The zero-order chi connectivity index (χ0) is 24.3. The molecular weight excluding hydrogens is 687 g/mol. The summed E-state index contributed by atoms with van der Waals surface area (Å²) in [6.07, 6.45) is -1.21. The number of fused-ring (bicyclic) bond motifs is 2. The Balaban J connectivity index is 1.74. The van der Waals surface area contributed by atoms with Crippen LogP contribution >= 0.6 is 100 Å². The van der Waals surface area contributed by atoms with E-state index in [1.54, 1.807) is 6.07 Å². The molecule has 0 spiro atoms. The Kier molecular flexibility index (Phi) is 7.09. The molecule has 0 radical (unpaired) electrons. The normalized spacial score (nSPS) is 12.6. The predicted molar refractivity (Wildman–Crippen MR) is 151 cm³/mol. The first-order valence-electron chi connectivity index (χ1n) is 9.56. The highest BCUT2D eigenvalue weighted by Crippen LogP contribution is 2.57. The van der Waals surface area contributed by atoms with E-state index in [1.165, 1.54) is 45.3 Å². The molecule has 176 valence electrons. The van der Waals surface area contributed by atoms with Crippen molar-refractivity contribution in [1.82, 2.24) is 0 Å². The summed E-state index contributed by atoms with van der Waals surface area (Å²) in [5.74, 6) is 0.196. The van der Waals surface area contributed by atoms with Crippen LogP contribution in [-0.4, -0.2) is 11.1 Å². The number of hydrogen-bond donors (Lipinski definition) is 1. The van der Waals surface area contributed by atoms with E-state index in [0.29, 0.717) is 59.0 Å². The van der Waals surface area contributed by atoms with E-state index in [4.69, 9.17) is 32.7 Å². The molecule has 1 aromatic carbocycles. The Morgan fingerprint density at radius 2 is 1.44 bits per heavy atom. The summed E-state index contributed by atoms with van der Waals surface area (Å²) >= 11 is 25.8. The minimum atomic E-state index is -1.21. The highest BCUT2D eigenvalue weighted by atomic mass is 79.9. The van der Waals surface area contributed by atoms with Gasteiger partial charge < -0.3 is 14.6 Å². The number of aryl methyl sites for hydroxylation is 2. The zero-order valence-electron chi connectivity index (χ0n) is 17.2. The summed E-state index contributed by atoms with van der Waals surface area (Å²) in [4.78, 5) is 16.2. The largest absolute Gasteiger partial charge is 0.458 e. The summed E-state index contributed by atoms with van der Waals surface area (Å²) in [6.45, 7) is 3.88. The number of rotatable bonds is 5. The van der Waals surface area contributed by atoms with Crippen molar-refractivity contribution in [3.8, 4) is 11.5 Å². The molecule has 0 fully saturated rings. The van der Waals surface area contributed by atoms with Crippen molar-refractivity contribution in [3.05, 3.63) is 61.4 Å². The molecule has 1 unspecified atom stereocenters. The molecule has 0 aliphatic rings. The molecule has 5 aromatic rings. The number of esters is 1. The lowest BCUT2D eigenvalue weighted by Crippen LogP contribution is -2.08. The molecular formula is C22H12Br2Cl2O4S4. The Hall–Kier alpha value is -0.690. The molecule has 0 saturated carbocycles. The molecule has 0 aliphatic heterocycles. The lowest BCUT2D eigenvalue weighted by Gasteiger charge is -2.16. The smallest absolute Gasteiger partial charge is 0.353 e. The maximum Gasteiger partial charge on any atom is 0.353 e. The molecule has 12 heteroatoms. The van der Waals surface area contributed by atoms with Gasteiger partial charge in [0.1, 0.15) is 4.88 Å². The Bertz CT molecular complexity index is 1580. The van der Waals surface area contributed by atoms with E-state index in [9.17, 15) is 9.90 Å². The second-order valence-corrected chi connectivity index (χ2v) is 15.2. The van der Waals surface area contributed by atoms with E-state index in [2.05, 4.69) is 31.9 Å². The maximum atomic E-state index is 13.0. The number of ether oxygens (including phenoxy) is 2. The van der Waals surface area contributed by atoms with Crippen molar-refractivity contribution in [2.45, 2.75) is 20.1 Å². The first kappa shape index (κ1) is 25.0. The van der Waals surface area contributed by atoms with Crippen LogP contribution in [0.2, 0.25) is 10.0 Å². The third kappa shape index (κ3) is 4.35. The summed E-state index contributed by atoms with van der Waals surface area (Å²) in [5, 5.41) is 12.7. The third-order valence-corrected chi connectivity index (χ3v) is 12.0. The lowest BCUT2D eigenvalue weighted by molar-refractivity contribution is -0.0141. The van der Waals surface area contributed by atoms with E-state index in [0.717, 1.165) is 9.75 Å². The van der Waals surface area contributed by atoms with Gasteiger partial charge in [0, 0.05) is 9.75 Å². The van der Waals surface area contributed by atoms with Gasteiger partial charge in [-0.2, -0.15) is 0 Å². The number of carbonyl (C=O) groups is 1. The molecule has 4 aromatic heterocycles. The topological polar surface area (TPSA) is 55.8 Å². The van der Waals surface area contributed by atoms with Gasteiger partial charge in [-0.1, -0.05) is 23.2 Å². The monoisotopic (exact) mass is 696 g/mol. The van der Waals surface area contributed by atoms with Crippen molar-refractivity contribution in [1.29, 1.82) is 0 Å². The minimum absolute atomic E-state index is 0.305. The van der Waals surface area contributed by atoms with Gasteiger partial charge in [-0.25, -0.2) is 4.79 Å². The van der Waals surface area contributed by atoms with Crippen LogP contribution in [0.3, 0.4) is 0 Å². The van der Waals surface area contributed by atoms with E-state index < -0.39 is 12.3 Å². The van der Waals surface area contributed by atoms with Gasteiger partial charge in [0.05, 0.1) is 42.7 Å². The molecule has 5 rings (SSSR count). The van der Waals surface area contributed by atoms with Crippen LogP contribution in [0.4, 0.5) is 0 Å². The Labute approximate surface area is 236 Å². The first-order valence-corrected chi connectivity index (χ1v) is 15.2. The number of benzene rings is 1. The van der Waals surface area contributed by atoms with Crippen LogP contribution in [0, 0.1) is 13.8 Å². The standard InChI is InChI=1S/C22H12Br2Cl2O4S4/c1-7-3-5-9(31-7)21(27)29-15-11-13(25)19(23)34-18(11)16(12-14(26)20(24)33-17(12)15)30-22(28)10-6-4-8(2)32-10/h3-6,21,27H,1-2H3. The van der Waals surface area contributed by atoms with Crippen LogP contribution in [-0.2, 0) is 0 Å². The number of aliphatic hydroxyl groups is 1. The summed E-state index contributed by atoms with van der Waals surface area (Å²) in [6, 6.07) is 7.33. The Morgan fingerprint density at radius 3 is 2.00 bits per heavy atom. The van der Waals surface area contributed by atoms with E-state index in [-0.39, 0.29) is 0 Å². The summed E-state index contributed by atoms with van der Waals surface area (Å²) in [7, 11) is 0. The molecule has 4 heterocycles. The number of halogens is 4. The van der Waals surface area contributed by atoms with E-state index in [1.807, 2.05) is 32.0 Å². The summed E-state index contributed by atoms with van der Waals surface area (Å²) < 4.78 is 14.5. The summed E-state index contributed by atoms with van der Waals surface area (Å²) in [5.41, 5.74) is 0. The van der Waals surface area contributed by atoms with Crippen molar-refractivity contribution in [3.63, 3.8) is 0 Å². The minimum Gasteiger partial charge on any atom is -0.458 e. The average molecular weight is 699 g/mol. The molecule has 1 atom stereocenters. The quantitative estimate of drug-likeness (QED) is 0.113. The zero-order valence-corrected chi connectivity index (χ0v) is 25.2. The van der Waals surface area contributed by atoms with Gasteiger partial charge in [-0.05, 0) is 70.0 Å². The SMILES string of the molecule is Cc1ccc(C(=O)Oc2c3sc(Br)c(Cl)c3c(OC(O)c3ccc(C)s3)c3sc(Br)c(Cl)c23)s1. The lowest BCUT2D eigenvalue weighted by atomic mass is 10.1. The fourth-order valence-electron chi connectivity index (χ4n) is 3.37. The molecule has 0 aliphatic carbocycles. The van der Waals surface area contributed by atoms with Gasteiger partial charge >= 0.3 is 5.97 Å². The molecule has 1 N–H and O–H groups in total. The fraction of sp³-hybridized carbons (Fsp3) is 0.136. The van der Waals surface area contributed by atoms with Crippen LogP contribution in [0.25, 0.3) is 20.2 Å². The molecule has 4 nitrogen and oxygen atoms in total. The van der Waals surface area contributed by atoms with Crippen LogP contribution < -0.4 is 9.47 Å². The second kappa shape index (κ2) is 9.64. The number of thiophene rings is 4. The molecule has 0 saturated heterocycles. The van der Waals surface area contributed by atoms with Gasteiger partial charge in [0.2, 0.25) is 6.29 Å². The third-order valence-electron chi connectivity index (χ3n) is 4.86. The second-order valence-electron chi connectivity index (χ2n) is 7.16.